The molecule has 1 aliphatic rings. The number of amides is 1. The Balaban J connectivity index is 1.79. The first-order valence-corrected chi connectivity index (χ1v) is 6.44. The third-order valence-electron chi connectivity index (χ3n) is 3.38. The molecule has 1 aliphatic heterocycles. The van der Waals surface area contributed by atoms with Gasteiger partial charge in [0.05, 0.1) is 6.61 Å². The SMILES string of the molecule is Cc1ccc(C(=O)Nc2ccc3c(c2)B(O)OC3)cc1. The van der Waals surface area contributed by atoms with E-state index in [-0.39, 0.29) is 5.91 Å². The van der Waals surface area contributed by atoms with Gasteiger partial charge in [-0.2, -0.15) is 0 Å². The van der Waals surface area contributed by atoms with Gasteiger partial charge >= 0.3 is 7.12 Å². The van der Waals surface area contributed by atoms with E-state index in [1.807, 2.05) is 31.2 Å². The quantitative estimate of drug-likeness (QED) is 0.810. The molecule has 0 radical (unpaired) electrons. The van der Waals surface area contributed by atoms with Crippen LogP contribution in [-0.4, -0.2) is 18.0 Å². The lowest BCUT2D eigenvalue weighted by Crippen LogP contribution is -2.28. The molecule has 2 aromatic rings. The second kappa shape index (κ2) is 5.11. The molecule has 20 heavy (non-hydrogen) atoms. The Morgan fingerprint density at radius 1 is 1.25 bits per heavy atom. The van der Waals surface area contributed by atoms with E-state index in [9.17, 15) is 9.82 Å². The van der Waals surface area contributed by atoms with E-state index in [4.69, 9.17) is 4.65 Å². The van der Waals surface area contributed by atoms with Crippen LogP contribution in [0.2, 0.25) is 0 Å². The molecule has 0 fully saturated rings. The van der Waals surface area contributed by atoms with Gasteiger partial charge in [-0.1, -0.05) is 23.8 Å². The number of anilines is 1. The Bertz CT molecular complexity index is 655. The molecule has 0 aliphatic carbocycles. The molecule has 2 aromatic carbocycles. The van der Waals surface area contributed by atoms with E-state index in [1.54, 1.807) is 18.2 Å². The first kappa shape index (κ1) is 12.9. The van der Waals surface area contributed by atoms with Gasteiger partial charge in [0.15, 0.2) is 0 Å². The molecule has 0 saturated heterocycles. The van der Waals surface area contributed by atoms with Crippen molar-refractivity contribution in [2.24, 2.45) is 0 Å². The second-order valence-corrected chi connectivity index (χ2v) is 4.90. The molecular formula is C15H14BNO3. The van der Waals surface area contributed by atoms with Gasteiger partial charge in [-0.15, -0.1) is 0 Å². The second-order valence-electron chi connectivity index (χ2n) is 4.90. The number of hydrogen-bond donors (Lipinski definition) is 2. The third kappa shape index (κ3) is 2.46. The third-order valence-corrected chi connectivity index (χ3v) is 3.38. The fourth-order valence-electron chi connectivity index (χ4n) is 2.20. The Morgan fingerprint density at radius 2 is 2.00 bits per heavy atom. The summed E-state index contributed by atoms with van der Waals surface area (Å²) in [5, 5.41) is 12.5. The van der Waals surface area contributed by atoms with Gasteiger partial charge in [0.25, 0.3) is 5.91 Å². The van der Waals surface area contributed by atoms with Gasteiger partial charge in [0.2, 0.25) is 0 Å². The van der Waals surface area contributed by atoms with Crippen LogP contribution in [0.5, 0.6) is 0 Å². The van der Waals surface area contributed by atoms with E-state index in [0.717, 1.165) is 11.1 Å². The summed E-state index contributed by atoms with van der Waals surface area (Å²) in [6.07, 6.45) is 0. The molecule has 5 heteroatoms. The standard InChI is InChI=1S/C15H14BNO3/c1-10-2-4-11(5-3-10)15(18)17-13-7-6-12-9-20-16(19)14(12)8-13/h2-8,19H,9H2,1H3,(H,17,18). The number of benzene rings is 2. The predicted molar refractivity (Wildman–Crippen MR) is 78.0 cm³/mol. The molecule has 0 bridgehead atoms. The summed E-state index contributed by atoms with van der Waals surface area (Å²) in [7, 11) is -0.902. The maximum atomic E-state index is 12.1. The number of carbonyl (C=O) groups is 1. The van der Waals surface area contributed by atoms with Crippen molar-refractivity contribution in [1.29, 1.82) is 0 Å². The van der Waals surface area contributed by atoms with Crippen molar-refractivity contribution in [3.63, 3.8) is 0 Å². The van der Waals surface area contributed by atoms with E-state index >= 15 is 0 Å². The molecule has 3 rings (SSSR count). The van der Waals surface area contributed by atoms with Crippen LogP contribution in [0.4, 0.5) is 5.69 Å². The van der Waals surface area contributed by atoms with E-state index in [0.29, 0.717) is 23.3 Å². The minimum atomic E-state index is -0.902. The van der Waals surface area contributed by atoms with Crippen LogP contribution in [0.25, 0.3) is 0 Å². The largest absolute Gasteiger partial charge is 0.491 e. The molecule has 100 valence electrons. The number of hydrogen-bond acceptors (Lipinski definition) is 3. The van der Waals surface area contributed by atoms with Gasteiger partial charge in [0.1, 0.15) is 0 Å². The van der Waals surface area contributed by atoms with Gasteiger partial charge in [0, 0.05) is 11.3 Å². The number of nitrogens with one attached hydrogen (secondary N) is 1. The number of aryl methyl sites for hydroxylation is 1. The molecule has 4 nitrogen and oxygen atoms in total. The number of rotatable bonds is 2. The molecule has 1 heterocycles. The summed E-state index contributed by atoms with van der Waals surface area (Å²) < 4.78 is 5.12. The first-order chi connectivity index (χ1) is 9.63. The Morgan fingerprint density at radius 3 is 2.75 bits per heavy atom. The Hall–Kier alpha value is -2.11. The van der Waals surface area contributed by atoms with Crippen LogP contribution >= 0.6 is 0 Å². The highest BCUT2D eigenvalue weighted by Crippen LogP contribution is 2.15. The fraction of sp³-hybridized carbons (Fsp3) is 0.133. The average molecular weight is 267 g/mol. The predicted octanol–water partition coefficient (Wildman–Crippen LogP) is 1.47. The summed E-state index contributed by atoms with van der Waals surface area (Å²) in [6.45, 7) is 2.38. The van der Waals surface area contributed by atoms with Crippen molar-refractivity contribution in [3.05, 3.63) is 59.2 Å². The topological polar surface area (TPSA) is 58.6 Å². The normalized spacial score (nSPS) is 13.2. The fourth-order valence-corrected chi connectivity index (χ4v) is 2.20. The molecule has 1 amide bonds. The zero-order valence-electron chi connectivity index (χ0n) is 11.1. The van der Waals surface area contributed by atoms with Crippen molar-refractivity contribution in [2.75, 3.05) is 5.32 Å². The van der Waals surface area contributed by atoms with Crippen LogP contribution in [0.3, 0.4) is 0 Å². The monoisotopic (exact) mass is 267 g/mol. The lowest BCUT2D eigenvalue weighted by atomic mass is 9.79. The van der Waals surface area contributed by atoms with E-state index in [2.05, 4.69) is 5.32 Å². The molecule has 0 aromatic heterocycles. The van der Waals surface area contributed by atoms with Crippen LogP contribution in [0.1, 0.15) is 21.5 Å². The highest BCUT2D eigenvalue weighted by Gasteiger charge is 2.27. The number of fused-ring (bicyclic) bond motifs is 1. The Kier molecular flexibility index (Phi) is 3.30. The Labute approximate surface area is 117 Å². The summed E-state index contributed by atoms with van der Waals surface area (Å²) in [4.78, 5) is 12.1. The maximum Gasteiger partial charge on any atom is 0.491 e. The minimum absolute atomic E-state index is 0.168. The van der Waals surface area contributed by atoms with Crippen molar-refractivity contribution < 1.29 is 14.5 Å². The van der Waals surface area contributed by atoms with Crippen LogP contribution < -0.4 is 10.8 Å². The molecular weight excluding hydrogens is 253 g/mol. The zero-order valence-corrected chi connectivity index (χ0v) is 11.1. The summed E-state index contributed by atoms with van der Waals surface area (Å²) in [6, 6.07) is 12.8. The molecule has 0 saturated carbocycles. The smallest absolute Gasteiger partial charge is 0.423 e. The zero-order chi connectivity index (χ0) is 14.1. The molecule has 2 N–H and O–H groups in total. The minimum Gasteiger partial charge on any atom is -0.423 e. The van der Waals surface area contributed by atoms with Crippen molar-refractivity contribution in [1.82, 2.24) is 0 Å². The van der Waals surface area contributed by atoms with Gasteiger partial charge in [-0.05, 0) is 42.2 Å². The van der Waals surface area contributed by atoms with Crippen LogP contribution in [0.15, 0.2) is 42.5 Å². The van der Waals surface area contributed by atoms with Gasteiger partial charge < -0.3 is 15.0 Å². The van der Waals surface area contributed by atoms with Crippen molar-refractivity contribution >= 4 is 24.2 Å². The van der Waals surface area contributed by atoms with Gasteiger partial charge in [-0.25, -0.2) is 0 Å². The van der Waals surface area contributed by atoms with Gasteiger partial charge in [-0.3, -0.25) is 4.79 Å². The summed E-state index contributed by atoms with van der Waals surface area (Å²) in [5.74, 6) is -0.168. The lowest BCUT2D eigenvalue weighted by molar-refractivity contribution is 0.102. The highest BCUT2D eigenvalue weighted by atomic mass is 16.5. The van der Waals surface area contributed by atoms with Crippen molar-refractivity contribution in [2.45, 2.75) is 13.5 Å². The van der Waals surface area contributed by atoms with E-state index in [1.165, 1.54) is 0 Å². The van der Waals surface area contributed by atoms with Crippen molar-refractivity contribution in [3.8, 4) is 0 Å². The van der Waals surface area contributed by atoms with Crippen LogP contribution in [0, 0.1) is 6.92 Å². The summed E-state index contributed by atoms with van der Waals surface area (Å²) in [5.41, 5.74) is 4.03. The van der Waals surface area contributed by atoms with E-state index < -0.39 is 7.12 Å². The molecule has 0 spiro atoms. The lowest BCUT2D eigenvalue weighted by Gasteiger charge is -2.07. The average Bonchev–Trinajstić information content (AvgIpc) is 2.81. The molecule has 0 unspecified atom stereocenters. The summed E-state index contributed by atoms with van der Waals surface area (Å²) >= 11 is 0. The number of carbonyl (C=O) groups excluding carboxylic acids is 1. The molecule has 0 atom stereocenters. The maximum absolute atomic E-state index is 12.1. The van der Waals surface area contributed by atoms with Crippen LogP contribution in [-0.2, 0) is 11.3 Å². The highest BCUT2D eigenvalue weighted by molar-refractivity contribution is 6.61. The first-order valence-electron chi connectivity index (χ1n) is 6.44.